The summed E-state index contributed by atoms with van der Waals surface area (Å²) in [4.78, 5) is 12.4. The van der Waals surface area contributed by atoms with Gasteiger partial charge in [-0.05, 0) is 24.1 Å². The highest BCUT2D eigenvalue weighted by molar-refractivity contribution is 5.85. The number of hydrogen-bond donors (Lipinski definition) is 0. The lowest BCUT2D eigenvalue weighted by Crippen LogP contribution is -2.29. The summed E-state index contributed by atoms with van der Waals surface area (Å²) in [5.41, 5.74) is 0.177. The minimum absolute atomic E-state index is 0.204. The molecule has 1 heterocycles. The molecule has 0 amide bonds. The summed E-state index contributed by atoms with van der Waals surface area (Å²) in [6.07, 6.45) is 0.392. The van der Waals surface area contributed by atoms with Crippen LogP contribution >= 0.6 is 0 Å². The van der Waals surface area contributed by atoms with Gasteiger partial charge in [-0.15, -0.1) is 0 Å². The molecule has 0 N–H and O–H groups in total. The SMILES string of the molecule is CCC1(C(=O)Oc2ccccc2)OC1c1ccccc1. The van der Waals surface area contributed by atoms with Crippen LogP contribution in [0.3, 0.4) is 0 Å². The molecule has 3 nitrogen and oxygen atoms in total. The molecule has 3 heteroatoms. The fraction of sp³-hybridized carbons (Fsp3) is 0.235. The van der Waals surface area contributed by atoms with Crippen LogP contribution in [0.15, 0.2) is 60.7 Å². The van der Waals surface area contributed by atoms with Crippen LogP contribution in [0.2, 0.25) is 0 Å². The minimum Gasteiger partial charge on any atom is -0.424 e. The van der Waals surface area contributed by atoms with Gasteiger partial charge in [-0.2, -0.15) is 0 Å². The molecule has 0 spiro atoms. The van der Waals surface area contributed by atoms with E-state index in [4.69, 9.17) is 9.47 Å². The predicted octanol–water partition coefficient (Wildman–Crippen LogP) is 3.51. The maximum Gasteiger partial charge on any atom is 0.346 e. The topological polar surface area (TPSA) is 38.8 Å². The average Bonchev–Trinajstić information content (AvgIpc) is 3.25. The maximum atomic E-state index is 12.4. The van der Waals surface area contributed by atoms with Crippen molar-refractivity contribution in [2.45, 2.75) is 25.0 Å². The van der Waals surface area contributed by atoms with Crippen molar-refractivity contribution in [3.63, 3.8) is 0 Å². The third-order valence-electron chi connectivity index (χ3n) is 3.62. The first-order valence-electron chi connectivity index (χ1n) is 6.76. The number of rotatable bonds is 4. The highest BCUT2D eigenvalue weighted by Gasteiger charge is 2.63. The molecular weight excluding hydrogens is 252 g/mol. The Balaban J connectivity index is 1.77. The second-order valence-corrected chi connectivity index (χ2v) is 4.85. The van der Waals surface area contributed by atoms with Crippen molar-refractivity contribution in [2.24, 2.45) is 0 Å². The van der Waals surface area contributed by atoms with E-state index in [0.717, 1.165) is 5.56 Å². The number of hydrogen-bond acceptors (Lipinski definition) is 3. The summed E-state index contributed by atoms with van der Waals surface area (Å²) in [6, 6.07) is 18.9. The Hall–Kier alpha value is -2.13. The molecule has 0 aliphatic carbocycles. The number of carbonyl (C=O) groups is 1. The van der Waals surface area contributed by atoms with Crippen molar-refractivity contribution in [3.05, 3.63) is 66.2 Å². The van der Waals surface area contributed by atoms with Gasteiger partial charge >= 0.3 is 5.97 Å². The largest absolute Gasteiger partial charge is 0.424 e. The summed E-state index contributed by atoms with van der Waals surface area (Å²) < 4.78 is 11.1. The van der Waals surface area contributed by atoms with E-state index in [0.29, 0.717) is 12.2 Å². The molecule has 2 unspecified atom stereocenters. The Morgan fingerprint density at radius 3 is 2.30 bits per heavy atom. The lowest BCUT2D eigenvalue weighted by molar-refractivity contribution is -0.140. The molecule has 0 saturated carbocycles. The van der Waals surface area contributed by atoms with Crippen molar-refractivity contribution in [3.8, 4) is 5.75 Å². The van der Waals surface area contributed by atoms with Gasteiger partial charge < -0.3 is 9.47 Å². The van der Waals surface area contributed by atoms with E-state index in [9.17, 15) is 4.79 Å². The third kappa shape index (κ3) is 2.21. The summed E-state index contributed by atoms with van der Waals surface area (Å²) in [5.74, 6) is 0.229. The molecule has 2 aromatic rings. The van der Waals surface area contributed by atoms with Crippen LogP contribution in [-0.2, 0) is 9.53 Å². The zero-order valence-electron chi connectivity index (χ0n) is 11.3. The second-order valence-electron chi connectivity index (χ2n) is 4.85. The van der Waals surface area contributed by atoms with Crippen LogP contribution in [0.25, 0.3) is 0 Å². The average molecular weight is 268 g/mol. The highest BCUT2D eigenvalue weighted by atomic mass is 16.7. The van der Waals surface area contributed by atoms with Gasteiger partial charge in [0, 0.05) is 0 Å². The van der Waals surface area contributed by atoms with Crippen LogP contribution in [0.1, 0.15) is 25.0 Å². The van der Waals surface area contributed by atoms with Gasteiger partial charge in [0.05, 0.1) is 0 Å². The van der Waals surface area contributed by atoms with E-state index in [1.807, 2.05) is 55.5 Å². The quantitative estimate of drug-likeness (QED) is 0.484. The normalized spacial score (nSPS) is 24.1. The standard InChI is InChI=1S/C17H16O3/c1-2-17(15(20-17)13-9-5-3-6-10-13)16(18)19-14-11-7-4-8-12-14/h3-12,15H,2H2,1H3. The fourth-order valence-electron chi connectivity index (χ4n) is 2.39. The first-order chi connectivity index (χ1) is 9.76. The Labute approximate surface area is 118 Å². The van der Waals surface area contributed by atoms with Gasteiger partial charge in [0.1, 0.15) is 11.9 Å². The molecule has 1 fully saturated rings. The van der Waals surface area contributed by atoms with E-state index in [2.05, 4.69) is 0 Å². The van der Waals surface area contributed by atoms with Crippen LogP contribution in [-0.4, -0.2) is 11.6 Å². The van der Waals surface area contributed by atoms with Gasteiger partial charge in [-0.25, -0.2) is 4.79 Å². The zero-order valence-corrected chi connectivity index (χ0v) is 11.3. The van der Waals surface area contributed by atoms with Crippen LogP contribution in [0.4, 0.5) is 0 Å². The van der Waals surface area contributed by atoms with Crippen molar-refractivity contribution < 1.29 is 14.3 Å². The Morgan fingerprint density at radius 1 is 1.10 bits per heavy atom. The molecule has 1 saturated heterocycles. The third-order valence-corrected chi connectivity index (χ3v) is 3.62. The smallest absolute Gasteiger partial charge is 0.346 e. The van der Waals surface area contributed by atoms with E-state index in [-0.39, 0.29) is 12.1 Å². The summed E-state index contributed by atoms with van der Waals surface area (Å²) >= 11 is 0. The Morgan fingerprint density at radius 2 is 1.70 bits per heavy atom. The van der Waals surface area contributed by atoms with Crippen molar-refractivity contribution in [2.75, 3.05) is 0 Å². The molecule has 0 aromatic heterocycles. The number of esters is 1. The predicted molar refractivity (Wildman–Crippen MR) is 75.4 cm³/mol. The molecule has 2 atom stereocenters. The molecule has 3 rings (SSSR count). The van der Waals surface area contributed by atoms with Crippen molar-refractivity contribution in [1.82, 2.24) is 0 Å². The molecule has 0 radical (unpaired) electrons. The molecule has 0 bridgehead atoms. The maximum absolute atomic E-state index is 12.4. The Kier molecular flexibility index (Phi) is 3.28. The first kappa shape index (κ1) is 12.9. The van der Waals surface area contributed by atoms with Gasteiger partial charge in [-0.3, -0.25) is 0 Å². The lowest BCUT2D eigenvalue weighted by Gasteiger charge is -2.10. The van der Waals surface area contributed by atoms with Gasteiger partial charge in [-0.1, -0.05) is 55.5 Å². The molecule has 20 heavy (non-hydrogen) atoms. The number of epoxide rings is 1. The monoisotopic (exact) mass is 268 g/mol. The molecular formula is C17H16O3. The molecule has 102 valence electrons. The zero-order chi connectivity index (χ0) is 14.0. The number of carbonyl (C=O) groups excluding carboxylic acids is 1. The number of ether oxygens (including phenoxy) is 2. The summed E-state index contributed by atoms with van der Waals surface area (Å²) in [7, 11) is 0. The molecule has 1 aliphatic heterocycles. The van der Waals surface area contributed by atoms with Gasteiger partial charge in [0.2, 0.25) is 0 Å². The summed E-state index contributed by atoms with van der Waals surface area (Å²) in [6.45, 7) is 1.94. The van der Waals surface area contributed by atoms with Crippen LogP contribution in [0.5, 0.6) is 5.75 Å². The van der Waals surface area contributed by atoms with Crippen molar-refractivity contribution in [1.29, 1.82) is 0 Å². The van der Waals surface area contributed by atoms with E-state index in [1.54, 1.807) is 12.1 Å². The van der Waals surface area contributed by atoms with Crippen LogP contribution < -0.4 is 4.74 Å². The van der Waals surface area contributed by atoms with Gasteiger partial charge in [0.25, 0.3) is 0 Å². The lowest BCUT2D eigenvalue weighted by atomic mass is 9.97. The Bertz CT molecular complexity index is 594. The highest BCUT2D eigenvalue weighted by Crippen LogP contribution is 2.52. The van der Waals surface area contributed by atoms with E-state index < -0.39 is 5.60 Å². The minimum atomic E-state index is -0.836. The summed E-state index contributed by atoms with van der Waals surface area (Å²) in [5, 5.41) is 0. The number of benzene rings is 2. The molecule has 1 aliphatic rings. The fourth-order valence-corrected chi connectivity index (χ4v) is 2.39. The number of para-hydroxylation sites is 1. The van der Waals surface area contributed by atoms with Gasteiger partial charge in [0.15, 0.2) is 5.60 Å². The van der Waals surface area contributed by atoms with Crippen molar-refractivity contribution >= 4 is 5.97 Å². The first-order valence-corrected chi connectivity index (χ1v) is 6.76. The van der Waals surface area contributed by atoms with E-state index >= 15 is 0 Å². The van der Waals surface area contributed by atoms with Crippen LogP contribution in [0, 0.1) is 0 Å². The van der Waals surface area contributed by atoms with E-state index in [1.165, 1.54) is 0 Å². The molecule has 2 aromatic carbocycles. The second kappa shape index (κ2) is 5.10.